The van der Waals surface area contributed by atoms with Gasteiger partial charge in [0.15, 0.2) is 6.10 Å². The van der Waals surface area contributed by atoms with Gasteiger partial charge in [0.1, 0.15) is 11.3 Å². The van der Waals surface area contributed by atoms with Crippen LogP contribution >= 0.6 is 11.6 Å². The molecule has 3 rings (SSSR count). The number of carbonyl (C=O) groups is 2. The van der Waals surface area contributed by atoms with Crippen molar-refractivity contribution in [2.75, 3.05) is 19.6 Å². The van der Waals surface area contributed by atoms with Crippen molar-refractivity contribution in [3.05, 3.63) is 39.2 Å². The van der Waals surface area contributed by atoms with E-state index in [0.29, 0.717) is 36.5 Å². The van der Waals surface area contributed by atoms with Gasteiger partial charge in [-0.05, 0) is 37.8 Å². The van der Waals surface area contributed by atoms with Crippen LogP contribution in [-0.4, -0.2) is 42.5 Å². The largest absolute Gasteiger partial charge is 0.479 e. The van der Waals surface area contributed by atoms with Gasteiger partial charge in [-0.15, -0.1) is 0 Å². The average molecular weight is 435 g/mol. The Bertz CT molecular complexity index is 987. The Morgan fingerprint density at radius 1 is 1.33 bits per heavy atom. The summed E-state index contributed by atoms with van der Waals surface area (Å²) in [4.78, 5) is 37.6. The van der Waals surface area contributed by atoms with Crippen molar-refractivity contribution < 1.29 is 18.7 Å². The summed E-state index contributed by atoms with van der Waals surface area (Å²) in [5.41, 5.74) is 0.828. The summed E-state index contributed by atoms with van der Waals surface area (Å²) in [6.45, 7) is 5.55. The Balaban J connectivity index is 1.60. The molecule has 1 aromatic carbocycles. The van der Waals surface area contributed by atoms with E-state index in [1.165, 1.54) is 6.07 Å². The highest BCUT2D eigenvalue weighted by molar-refractivity contribution is 6.32. The highest BCUT2D eigenvalue weighted by Gasteiger charge is 2.20. The number of fused-ring (bicyclic) bond motifs is 1. The van der Waals surface area contributed by atoms with E-state index in [2.05, 4.69) is 5.32 Å². The van der Waals surface area contributed by atoms with Crippen molar-refractivity contribution in [2.45, 2.75) is 52.1 Å². The van der Waals surface area contributed by atoms with Crippen molar-refractivity contribution in [2.24, 2.45) is 0 Å². The molecule has 2 heterocycles. The van der Waals surface area contributed by atoms with Crippen LogP contribution in [0.1, 0.15) is 45.1 Å². The molecule has 2 amide bonds. The van der Waals surface area contributed by atoms with Gasteiger partial charge in [0.05, 0.1) is 5.02 Å². The normalized spacial score (nSPS) is 14.9. The Hall–Kier alpha value is -2.54. The molecule has 0 radical (unpaired) electrons. The van der Waals surface area contributed by atoms with Crippen LogP contribution in [-0.2, 0) is 16.0 Å². The smallest absolute Gasteiger partial charge is 0.336 e. The van der Waals surface area contributed by atoms with Crippen LogP contribution in [0.15, 0.2) is 27.4 Å². The lowest BCUT2D eigenvalue weighted by Crippen LogP contribution is -2.38. The van der Waals surface area contributed by atoms with Crippen molar-refractivity contribution >= 4 is 34.4 Å². The summed E-state index contributed by atoms with van der Waals surface area (Å²) < 4.78 is 11.0. The topological polar surface area (TPSA) is 88.8 Å². The molecule has 0 bridgehead atoms. The maximum absolute atomic E-state index is 12.3. The number of likely N-dealkylation sites (tertiary alicyclic amines) is 1. The monoisotopic (exact) mass is 434 g/mol. The van der Waals surface area contributed by atoms with E-state index in [9.17, 15) is 14.4 Å². The van der Waals surface area contributed by atoms with Gasteiger partial charge in [-0.3, -0.25) is 9.59 Å². The minimum atomic E-state index is -0.779. The fraction of sp³-hybridized carbons (Fsp3) is 0.500. The van der Waals surface area contributed by atoms with E-state index in [-0.39, 0.29) is 17.6 Å². The van der Waals surface area contributed by atoms with E-state index < -0.39 is 11.7 Å². The Kier molecular flexibility index (Phi) is 7.37. The van der Waals surface area contributed by atoms with Gasteiger partial charge in [0.2, 0.25) is 5.91 Å². The molecule has 7 nitrogen and oxygen atoms in total. The molecule has 8 heteroatoms. The first-order valence-corrected chi connectivity index (χ1v) is 10.7. The molecule has 1 N–H and O–H groups in total. The molecule has 1 fully saturated rings. The van der Waals surface area contributed by atoms with Crippen LogP contribution < -0.4 is 15.7 Å². The van der Waals surface area contributed by atoms with Gasteiger partial charge in [0, 0.05) is 43.6 Å². The number of benzene rings is 1. The lowest BCUT2D eigenvalue weighted by molar-refractivity contribution is -0.127. The van der Waals surface area contributed by atoms with E-state index in [1.807, 2.05) is 11.8 Å². The quantitative estimate of drug-likeness (QED) is 0.483. The van der Waals surface area contributed by atoms with Gasteiger partial charge in [-0.1, -0.05) is 24.9 Å². The van der Waals surface area contributed by atoms with Crippen molar-refractivity contribution in [1.82, 2.24) is 10.2 Å². The number of aryl methyl sites for hydroxylation is 1. The molecule has 1 saturated heterocycles. The Morgan fingerprint density at radius 2 is 2.13 bits per heavy atom. The second kappa shape index (κ2) is 9.98. The fourth-order valence-electron chi connectivity index (χ4n) is 3.60. The first-order chi connectivity index (χ1) is 14.4. The second-order valence-electron chi connectivity index (χ2n) is 7.51. The highest BCUT2D eigenvalue weighted by atomic mass is 35.5. The number of rotatable bonds is 9. The number of halogens is 1. The average Bonchev–Trinajstić information content (AvgIpc) is 3.11. The molecular weight excluding hydrogens is 408 g/mol. The summed E-state index contributed by atoms with van der Waals surface area (Å²) in [5.74, 6) is 0.184. The molecule has 1 atom stereocenters. The molecule has 1 aromatic heterocycles. The SMILES string of the molecule is CCCc1cc(=O)oc2cc(OC(C)C(=O)NCCCN3CCCC3=O)c(Cl)cc12. The van der Waals surface area contributed by atoms with Gasteiger partial charge >= 0.3 is 5.63 Å². The van der Waals surface area contributed by atoms with Crippen LogP contribution in [0.2, 0.25) is 5.02 Å². The molecule has 1 aliphatic heterocycles. The molecule has 30 heavy (non-hydrogen) atoms. The third-order valence-electron chi connectivity index (χ3n) is 5.15. The summed E-state index contributed by atoms with van der Waals surface area (Å²) in [5, 5.41) is 3.93. The van der Waals surface area contributed by atoms with Gasteiger partial charge < -0.3 is 19.4 Å². The predicted octanol–water partition coefficient (Wildman–Crippen LogP) is 3.29. The fourth-order valence-corrected chi connectivity index (χ4v) is 3.81. The predicted molar refractivity (Wildman–Crippen MR) is 115 cm³/mol. The number of ether oxygens (including phenoxy) is 1. The molecule has 0 saturated carbocycles. The molecule has 0 aliphatic carbocycles. The van der Waals surface area contributed by atoms with E-state index in [4.69, 9.17) is 20.8 Å². The standard InChI is InChI=1S/C22H27ClN2O5/c1-3-6-15-11-21(27)30-18-13-19(17(23)12-16(15)18)29-14(2)22(28)24-8-5-10-25-9-4-7-20(25)26/h11-14H,3-10H2,1-2H3,(H,24,28). The number of carbonyl (C=O) groups excluding carboxylic acids is 2. The third-order valence-corrected chi connectivity index (χ3v) is 5.45. The van der Waals surface area contributed by atoms with Crippen molar-refractivity contribution in [1.29, 1.82) is 0 Å². The molecule has 0 spiro atoms. The van der Waals surface area contributed by atoms with E-state index in [0.717, 1.165) is 36.8 Å². The molecular formula is C22H27ClN2O5. The second-order valence-corrected chi connectivity index (χ2v) is 7.92. The lowest BCUT2D eigenvalue weighted by atomic mass is 10.1. The zero-order valence-electron chi connectivity index (χ0n) is 17.3. The van der Waals surface area contributed by atoms with Crippen molar-refractivity contribution in [3.8, 4) is 5.75 Å². The molecule has 1 aliphatic rings. The van der Waals surface area contributed by atoms with Crippen molar-refractivity contribution in [3.63, 3.8) is 0 Å². The van der Waals surface area contributed by atoms with Gasteiger partial charge in [-0.2, -0.15) is 0 Å². The Labute approximate surface area is 180 Å². The van der Waals surface area contributed by atoms with Gasteiger partial charge in [-0.25, -0.2) is 4.79 Å². The Morgan fingerprint density at radius 3 is 2.83 bits per heavy atom. The van der Waals surface area contributed by atoms with Crippen LogP contribution in [0.5, 0.6) is 5.75 Å². The molecule has 162 valence electrons. The number of nitrogens with zero attached hydrogens (tertiary/aromatic N) is 1. The van der Waals surface area contributed by atoms with Crippen LogP contribution in [0.25, 0.3) is 11.0 Å². The summed E-state index contributed by atoms with van der Waals surface area (Å²) >= 11 is 6.36. The first-order valence-electron chi connectivity index (χ1n) is 10.4. The van der Waals surface area contributed by atoms with E-state index in [1.54, 1.807) is 19.1 Å². The molecule has 2 aromatic rings. The van der Waals surface area contributed by atoms with Crippen LogP contribution in [0, 0.1) is 0 Å². The summed E-state index contributed by atoms with van der Waals surface area (Å²) in [6.07, 6.45) is 3.05. The van der Waals surface area contributed by atoms with Gasteiger partial charge in [0.25, 0.3) is 5.91 Å². The lowest BCUT2D eigenvalue weighted by Gasteiger charge is -2.18. The number of hydrogen-bond donors (Lipinski definition) is 1. The highest BCUT2D eigenvalue weighted by Crippen LogP contribution is 2.32. The number of hydrogen-bond acceptors (Lipinski definition) is 5. The van der Waals surface area contributed by atoms with Crippen LogP contribution in [0.4, 0.5) is 0 Å². The maximum Gasteiger partial charge on any atom is 0.336 e. The van der Waals surface area contributed by atoms with E-state index >= 15 is 0 Å². The first kappa shape index (κ1) is 22.2. The number of amides is 2. The minimum absolute atomic E-state index is 0.178. The third kappa shape index (κ3) is 5.33. The maximum atomic E-state index is 12.3. The molecule has 1 unspecified atom stereocenters. The zero-order chi connectivity index (χ0) is 21.7. The summed E-state index contributed by atoms with van der Waals surface area (Å²) in [7, 11) is 0. The van der Waals surface area contributed by atoms with Crippen LogP contribution in [0.3, 0.4) is 0 Å². The number of nitrogens with one attached hydrogen (secondary N) is 1. The zero-order valence-corrected chi connectivity index (χ0v) is 18.1. The summed E-state index contributed by atoms with van der Waals surface area (Å²) in [6, 6.07) is 4.74. The minimum Gasteiger partial charge on any atom is -0.479 e.